The summed E-state index contributed by atoms with van der Waals surface area (Å²) >= 11 is 0. The molecule has 2 rings (SSSR count). The second kappa shape index (κ2) is 8.36. The maximum atomic E-state index is 12.3. The van der Waals surface area contributed by atoms with E-state index in [1.165, 1.54) is 10.6 Å². The molecule has 2 aromatic carbocycles. The van der Waals surface area contributed by atoms with Crippen molar-refractivity contribution in [2.45, 2.75) is 27.2 Å². The van der Waals surface area contributed by atoms with E-state index >= 15 is 0 Å². The minimum absolute atomic E-state index is 0.123. The van der Waals surface area contributed by atoms with Crippen molar-refractivity contribution in [2.24, 2.45) is 0 Å². The molecule has 0 bridgehead atoms. The molecule has 0 saturated heterocycles. The number of anilines is 1. The molecule has 0 saturated carbocycles. The number of benzene rings is 2. The molecule has 5 nitrogen and oxygen atoms in total. The average molecular weight is 375 g/mol. The first kappa shape index (κ1) is 20.0. The van der Waals surface area contributed by atoms with Gasteiger partial charge in [-0.25, -0.2) is 8.42 Å². The highest BCUT2D eigenvalue weighted by atomic mass is 32.2. The van der Waals surface area contributed by atoms with Gasteiger partial charge in [-0.1, -0.05) is 48.0 Å². The minimum Gasteiger partial charge on any atom is -0.354 e. The van der Waals surface area contributed by atoms with E-state index in [1.807, 2.05) is 63.2 Å². The minimum atomic E-state index is -3.45. The van der Waals surface area contributed by atoms with Crippen LogP contribution in [-0.2, 0) is 21.2 Å². The average Bonchev–Trinajstić information content (AvgIpc) is 2.52. The van der Waals surface area contributed by atoms with Crippen LogP contribution in [0, 0.1) is 20.8 Å². The van der Waals surface area contributed by atoms with Gasteiger partial charge in [0.05, 0.1) is 24.9 Å². The van der Waals surface area contributed by atoms with Crippen LogP contribution in [0.25, 0.3) is 0 Å². The third-order valence-electron chi connectivity index (χ3n) is 4.13. The summed E-state index contributed by atoms with van der Waals surface area (Å²) < 4.78 is 26.0. The molecule has 0 aromatic heterocycles. The summed E-state index contributed by atoms with van der Waals surface area (Å²) in [5, 5.41) is 2.81. The zero-order valence-electron chi connectivity index (χ0n) is 15.7. The Balaban J connectivity index is 2.07. The predicted octanol–water partition coefficient (Wildman–Crippen LogP) is 2.74. The normalized spacial score (nSPS) is 11.2. The van der Waals surface area contributed by atoms with Crippen LogP contribution in [0.15, 0.2) is 42.5 Å². The molecule has 0 aliphatic heterocycles. The SMILES string of the molecule is Cc1cc(C)c(N(CCNC(=O)Cc2ccccc2)S(C)(=O)=O)c(C)c1. The molecule has 26 heavy (non-hydrogen) atoms. The van der Waals surface area contributed by atoms with E-state index in [-0.39, 0.29) is 25.4 Å². The van der Waals surface area contributed by atoms with Crippen molar-refractivity contribution in [3.63, 3.8) is 0 Å². The molecular weight excluding hydrogens is 348 g/mol. The smallest absolute Gasteiger partial charge is 0.232 e. The predicted molar refractivity (Wildman–Crippen MR) is 106 cm³/mol. The molecule has 140 valence electrons. The highest BCUT2D eigenvalue weighted by molar-refractivity contribution is 7.92. The van der Waals surface area contributed by atoms with Crippen LogP contribution in [0.5, 0.6) is 0 Å². The first-order chi connectivity index (χ1) is 12.2. The van der Waals surface area contributed by atoms with Crippen LogP contribution in [0.1, 0.15) is 22.3 Å². The molecule has 0 unspecified atom stereocenters. The summed E-state index contributed by atoms with van der Waals surface area (Å²) in [6.07, 6.45) is 1.47. The van der Waals surface area contributed by atoms with Gasteiger partial charge in [-0.15, -0.1) is 0 Å². The van der Waals surface area contributed by atoms with Crippen molar-refractivity contribution in [1.29, 1.82) is 0 Å². The number of amides is 1. The summed E-state index contributed by atoms with van der Waals surface area (Å²) in [7, 11) is -3.45. The van der Waals surface area contributed by atoms with Crippen LogP contribution in [0.3, 0.4) is 0 Å². The number of carbonyl (C=O) groups excluding carboxylic acids is 1. The van der Waals surface area contributed by atoms with E-state index in [4.69, 9.17) is 0 Å². The molecule has 0 radical (unpaired) electrons. The van der Waals surface area contributed by atoms with Gasteiger partial charge in [0.15, 0.2) is 0 Å². The molecule has 0 spiro atoms. The monoisotopic (exact) mass is 374 g/mol. The first-order valence-corrected chi connectivity index (χ1v) is 10.4. The first-order valence-electron chi connectivity index (χ1n) is 8.54. The zero-order chi connectivity index (χ0) is 19.3. The van der Waals surface area contributed by atoms with Crippen molar-refractivity contribution in [3.8, 4) is 0 Å². The van der Waals surface area contributed by atoms with Gasteiger partial charge in [-0.05, 0) is 37.5 Å². The van der Waals surface area contributed by atoms with Crippen LogP contribution in [-0.4, -0.2) is 33.7 Å². The molecule has 1 amide bonds. The summed E-state index contributed by atoms with van der Waals surface area (Å²) in [4.78, 5) is 12.1. The van der Waals surface area contributed by atoms with Gasteiger partial charge in [0.25, 0.3) is 0 Å². The lowest BCUT2D eigenvalue weighted by Gasteiger charge is -2.26. The third-order valence-corrected chi connectivity index (χ3v) is 5.30. The number of sulfonamides is 1. The van der Waals surface area contributed by atoms with E-state index in [2.05, 4.69) is 5.32 Å². The van der Waals surface area contributed by atoms with Gasteiger partial charge in [0, 0.05) is 6.54 Å². The molecule has 0 aliphatic rings. The number of nitrogens with one attached hydrogen (secondary N) is 1. The van der Waals surface area contributed by atoms with E-state index in [1.54, 1.807) is 0 Å². The van der Waals surface area contributed by atoms with Crippen molar-refractivity contribution in [2.75, 3.05) is 23.7 Å². The summed E-state index contributed by atoms with van der Waals surface area (Å²) in [5.41, 5.74) is 4.52. The number of rotatable bonds is 7. The molecular formula is C20H26N2O3S. The zero-order valence-corrected chi connectivity index (χ0v) is 16.6. The Labute approximate surface area is 156 Å². The lowest BCUT2D eigenvalue weighted by molar-refractivity contribution is -0.120. The Morgan fingerprint density at radius 3 is 2.15 bits per heavy atom. The molecule has 0 aliphatic carbocycles. The van der Waals surface area contributed by atoms with Gasteiger partial charge in [-0.3, -0.25) is 9.10 Å². The number of aryl methyl sites for hydroxylation is 3. The van der Waals surface area contributed by atoms with Gasteiger partial charge in [0.2, 0.25) is 15.9 Å². The lowest BCUT2D eigenvalue weighted by atomic mass is 10.1. The summed E-state index contributed by atoms with van der Waals surface area (Å²) in [6.45, 7) is 6.25. The fourth-order valence-electron chi connectivity index (χ4n) is 3.15. The largest absolute Gasteiger partial charge is 0.354 e. The maximum Gasteiger partial charge on any atom is 0.232 e. The highest BCUT2D eigenvalue weighted by Gasteiger charge is 2.21. The van der Waals surface area contributed by atoms with Crippen LogP contribution >= 0.6 is 0 Å². The van der Waals surface area contributed by atoms with E-state index in [0.717, 1.165) is 22.3 Å². The van der Waals surface area contributed by atoms with Gasteiger partial charge in [0.1, 0.15) is 0 Å². The fourth-order valence-corrected chi connectivity index (χ4v) is 4.19. The fraction of sp³-hybridized carbons (Fsp3) is 0.350. The Morgan fingerprint density at radius 2 is 1.62 bits per heavy atom. The molecule has 0 fully saturated rings. The van der Waals surface area contributed by atoms with Gasteiger partial charge < -0.3 is 5.32 Å². The van der Waals surface area contributed by atoms with Gasteiger partial charge in [-0.2, -0.15) is 0 Å². The second-order valence-corrected chi connectivity index (χ2v) is 8.50. The standard InChI is InChI=1S/C20H26N2O3S/c1-15-12-16(2)20(17(3)13-15)22(26(4,24)25)11-10-21-19(23)14-18-8-6-5-7-9-18/h5-9,12-13H,10-11,14H2,1-4H3,(H,21,23). The summed E-state index contributed by atoms with van der Waals surface area (Å²) in [5.74, 6) is -0.123. The lowest BCUT2D eigenvalue weighted by Crippen LogP contribution is -2.39. The van der Waals surface area contributed by atoms with Crippen molar-refractivity contribution >= 4 is 21.6 Å². The second-order valence-electron chi connectivity index (χ2n) is 6.59. The molecule has 0 atom stereocenters. The number of nitrogens with zero attached hydrogens (tertiary/aromatic N) is 1. The van der Waals surface area contributed by atoms with Crippen molar-refractivity contribution < 1.29 is 13.2 Å². The van der Waals surface area contributed by atoms with E-state index in [0.29, 0.717) is 5.69 Å². The third kappa shape index (κ3) is 5.33. The van der Waals surface area contributed by atoms with Crippen LogP contribution in [0.4, 0.5) is 5.69 Å². The molecule has 1 N–H and O–H groups in total. The Morgan fingerprint density at radius 1 is 1.04 bits per heavy atom. The Bertz CT molecular complexity index is 854. The number of hydrogen-bond acceptors (Lipinski definition) is 3. The summed E-state index contributed by atoms with van der Waals surface area (Å²) in [6, 6.07) is 13.4. The van der Waals surface area contributed by atoms with Gasteiger partial charge >= 0.3 is 0 Å². The number of carbonyl (C=O) groups is 1. The number of hydrogen-bond donors (Lipinski definition) is 1. The topological polar surface area (TPSA) is 66.5 Å². The Hall–Kier alpha value is -2.34. The van der Waals surface area contributed by atoms with Crippen LogP contribution in [0.2, 0.25) is 0 Å². The van der Waals surface area contributed by atoms with Crippen molar-refractivity contribution in [1.82, 2.24) is 5.32 Å². The van der Waals surface area contributed by atoms with E-state index in [9.17, 15) is 13.2 Å². The molecule has 2 aromatic rings. The molecule has 6 heteroatoms. The Kier molecular flexibility index (Phi) is 6.42. The highest BCUT2D eigenvalue weighted by Crippen LogP contribution is 2.27. The maximum absolute atomic E-state index is 12.3. The molecule has 0 heterocycles. The van der Waals surface area contributed by atoms with E-state index < -0.39 is 10.0 Å². The van der Waals surface area contributed by atoms with Crippen molar-refractivity contribution in [3.05, 3.63) is 64.7 Å². The van der Waals surface area contributed by atoms with Crippen LogP contribution < -0.4 is 9.62 Å². The quantitative estimate of drug-likeness (QED) is 0.810.